The molecule has 168 valence electrons. The highest BCUT2D eigenvalue weighted by Gasteiger charge is 2.56. The summed E-state index contributed by atoms with van der Waals surface area (Å²) in [5, 5.41) is 10.9. The first-order valence-electron chi connectivity index (χ1n) is 9.36. The second-order valence-electron chi connectivity index (χ2n) is 8.23. The number of benzene rings is 2. The van der Waals surface area contributed by atoms with E-state index in [9.17, 15) is 31.4 Å². The zero-order chi connectivity index (χ0) is 23.2. The van der Waals surface area contributed by atoms with Crippen molar-refractivity contribution in [2.45, 2.75) is 43.9 Å². The number of hydrogen-bond acceptors (Lipinski definition) is 2. The molecule has 1 unspecified atom stereocenters. The quantitative estimate of drug-likeness (QED) is 0.472. The highest BCUT2D eigenvalue weighted by atomic mass is 19.4. The summed E-state index contributed by atoms with van der Waals surface area (Å²) >= 11 is 0. The van der Waals surface area contributed by atoms with Gasteiger partial charge in [0.05, 0.1) is 12.6 Å². The van der Waals surface area contributed by atoms with Crippen LogP contribution >= 0.6 is 0 Å². The summed E-state index contributed by atoms with van der Waals surface area (Å²) in [5.74, 6) is -2.85. The van der Waals surface area contributed by atoms with E-state index in [4.69, 9.17) is 4.74 Å². The van der Waals surface area contributed by atoms with Crippen LogP contribution in [0.5, 0.6) is 5.75 Å². The molecule has 3 rings (SSSR count). The molecule has 0 amide bonds. The number of methoxy groups -OCH3 is 1. The highest BCUT2D eigenvalue weighted by Crippen LogP contribution is 2.45. The van der Waals surface area contributed by atoms with Gasteiger partial charge in [-0.2, -0.15) is 13.2 Å². The van der Waals surface area contributed by atoms with Crippen molar-refractivity contribution in [3.63, 3.8) is 0 Å². The SMILES string of the molecule is COc1ccc(F)cc1C(C)(C)CC(O)(Cc1cc2ccc(F)c(F)c2[nH]1)C(F)(F)F. The minimum atomic E-state index is -5.06. The number of halogens is 6. The van der Waals surface area contributed by atoms with Crippen LogP contribution in [-0.2, 0) is 11.8 Å². The number of aromatic amines is 1. The summed E-state index contributed by atoms with van der Waals surface area (Å²) in [5.41, 5.74) is -4.86. The summed E-state index contributed by atoms with van der Waals surface area (Å²) < 4.78 is 88.3. The van der Waals surface area contributed by atoms with Crippen LogP contribution in [0.3, 0.4) is 0 Å². The number of aliphatic hydroxyl groups is 1. The maximum absolute atomic E-state index is 14.0. The van der Waals surface area contributed by atoms with Crippen LogP contribution in [0.1, 0.15) is 31.5 Å². The van der Waals surface area contributed by atoms with Gasteiger partial charge >= 0.3 is 6.18 Å². The van der Waals surface area contributed by atoms with Gasteiger partial charge in [0, 0.05) is 23.1 Å². The molecule has 9 heteroatoms. The van der Waals surface area contributed by atoms with Crippen molar-refractivity contribution < 1.29 is 36.2 Å². The monoisotopic (exact) mass is 445 g/mol. The van der Waals surface area contributed by atoms with Gasteiger partial charge in [-0.15, -0.1) is 0 Å². The molecule has 3 aromatic rings. The van der Waals surface area contributed by atoms with E-state index in [0.29, 0.717) is 0 Å². The molecule has 3 nitrogen and oxygen atoms in total. The molecule has 2 N–H and O–H groups in total. The Balaban J connectivity index is 2.02. The number of rotatable bonds is 6. The lowest BCUT2D eigenvalue weighted by atomic mass is 9.73. The van der Waals surface area contributed by atoms with E-state index in [-0.39, 0.29) is 27.9 Å². The number of aromatic nitrogens is 1. The number of H-pyrrole nitrogens is 1. The first-order valence-corrected chi connectivity index (χ1v) is 9.36. The molecule has 1 heterocycles. The average Bonchev–Trinajstić information content (AvgIpc) is 3.06. The van der Waals surface area contributed by atoms with Gasteiger partial charge in [0.15, 0.2) is 17.2 Å². The normalized spacial score (nSPS) is 14.6. The van der Waals surface area contributed by atoms with Crippen molar-refractivity contribution in [1.82, 2.24) is 4.98 Å². The van der Waals surface area contributed by atoms with Crippen LogP contribution in [0.4, 0.5) is 26.3 Å². The van der Waals surface area contributed by atoms with Gasteiger partial charge in [0.25, 0.3) is 0 Å². The number of ether oxygens (including phenoxy) is 1. The Kier molecular flexibility index (Phi) is 5.77. The molecular weight excluding hydrogens is 424 g/mol. The Morgan fingerprint density at radius 1 is 1.00 bits per heavy atom. The van der Waals surface area contributed by atoms with Gasteiger partial charge < -0.3 is 14.8 Å². The second kappa shape index (κ2) is 7.78. The second-order valence-corrected chi connectivity index (χ2v) is 8.23. The lowest BCUT2D eigenvalue weighted by molar-refractivity contribution is -0.266. The van der Waals surface area contributed by atoms with Gasteiger partial charge in [-0.05, 0) is 48.2 Å². The van der Waals surface area contributed by atoms with E-state index in [1.807, 2.05) is 0 Å². The first kappa shape index (κ1) is 23.0. The van der Waals surface area contributed by atoms with Gasteiger partial charge in [-0.1, -0.05) is 13.8 Å². The Bertz CT molecular complexity index is 1110. The molecule has 0 radical (unpaired) electrons. The molecule has 0 aliphatic rings. The highest BCUT2D eigenvalue weighted by molar-refractivity contribution is 5.81. The van der Waals surface area contributed by atoms with Gasteiger partial charge in [0.1, 0.15) is 11.6 Å². The van der Waals surface area contributed by atoms with Crippen molar-refractivity contribution in [2.24, 2.45) is 0 Å². The molecule has 0 aliphatic heterocycles. The zero-order valence-electron chi connectivity index (χ0n) is 17.0. The number of alkyl halides is 3. The molecule has 2 aromatic carbocycles. The van der Waals surface area contributed by atoms with Crippen LogP contribution in [0.15, 0.2) is 36.4 Å². The summed E-state index contributed by atoms with van der Waals surface area (Å²) in [6.45, 7) is 2.86. The van der Waals surface area contributed by atoms with Crippen molar-refractivity contribution in [2.75, 3.05) is 7.11 Å². The Hall–Kier alpha value is -2.68. The number of nitrogens with one attached hydrogen (secondary N) is 1. The van der Waals surface area contributed by atoms with Crippen LogP contribution in [0.25, 0.3) is 10.9 Å². The Labute approximate surface area is 174 Å². The van der Waals surface area contributed by atoms with Crippen molar-refractivity contribution in [3.05, 3.63) is 65.1 Å². The van der Waals surface area contributed by atoms with E-state index in [2.05, 4.69) is 4.98 Å². The fourth-order valence-electron chi connectivity index (χ4n) is 3.91. The fraction of sp³-hybridized carbons (Fsp3) is 0.364. The van der Waals surface area contributed by atoms with Gasteiger partial charge in [-0.3, -0.25) is 0 Å². The topological polar surface area (TPSA) is 45.2 Å². The molecule has 31 heavy (non-hydrogen) atoms. The number of fused-ring (bicyclic) bond motifs is 1. The summed E-state index contributed by atoms with van der Waals surface area (Å²) in [7, 11) is 1.31. The lowest BCUT2D eigenvalue weighted by Gasteiger charge is -2.38. The molecule has 0 fully saturated rings. The Morgan fingerprint density at radius 2 is 1.68 bits per heavy atom. The van der Waals surface area contributed by atoms with E-state index >= 15 is 0 Å². The van der Waals surface area contributed by atoms with E-state index in [1.54, 1.807) is 0 Å². The van der Waals surface area contributed by atoms with Gasteiger partial charge in [0.2, 0.25) is 0 Å². The summed E-state index contributed by atoms with van der Waals surface area (Å²) in [6, 6.07) is 6.80. The van der Waals surface area contributed by atoms with Crippen molar-refractivity contribution in [3.8, 4) is 5.75 Å². The Morgan fingerprint density at radius 3 is 2.29 bits per heavy atom. The van der Waals surface area contributed by atoms with Crippen LogP contribution in [0, 0.1) is 17.5 Å². The number of hydrogen-bond donors (Lipinski definition) is 2. The molecule has 0 saturated heterocycles. The van der Waals surface area contributed by atoms with E-state index < -0.39 is 47.5 Å². The molecule has 0 bridgehead atoms. The standard InChI is InChI=1S/C22H21F6NO2/c1-20(2,15-9-13(23)5-7-17(15)31-3)11-21(30,22(26,27)28)10-14-8-12-4-6-16(24)18(25)19(12)29-14/h4-9,29-30H,10-11H2,1-3H3. The zero-order valence-corrected chi connectivity index (χ0v) is 17.0. The third-order valence-electron chi connectivity index (χ3n) is 5.38. The molecule has 1 aromatic heterocycles. The van der Waals surface area contributed by atoms with Gasteiger partial charge in [-0.25, -0.2) is 13.2 Å². The largest absolute Gasteiger partial charge is 0.496 e. The molecule has 0 saturated carbocycles. The maximum atomic E-state index is 14.0. The lowest BCUT2D eigenvalue weighted by Crippen LogP contribution is -2.51. The first-order chi connectivity index (χ1) is 14.3. The van der Waals surface area contributed by atoms with E-state index in [0.717, 1.165) is 18.2 Å². The molecule has 0 spiro atoms. The van der Waals surface area contributed by atoms with Crippen molar-refractivity contribution >= 4 is 10.9 Å². The molecular formula is C22H21F6NO2. The van der Waals surface area contributed by atoms with E-state index in [1.165, 1.54) is 39.2 Å². The minimum Gasteiger partial charge on any atom is -0.496 e. The van der Waals surface area contributed by atoms with Crippen LogP contribution in [0.2, 0.25) is 0 Å². The fourth-order valence-corrected chi connectivity index (χ4v) is 3.91. The predicted octanol–water partition coefficient (Wildman–Crippen LogP) is 5.80. The predicted molar refractivity (Wildman–Crippen MR) is 104 cm³/mol. The van der Waals surface area contributed by atoms with Crippen molar-refractivity contribution in [1.29, 1.82) is 0 Å². The smallest absolute Gasteiger partial charge is 0.417 e. The average molecular weight is 445 g/mol. The molecule has 0 aliphatic carbocycles. The minimum absolute atomic E-state index is 0.124. The third kappa shape index (κ3) is 4.37. The third-order valence-corrected chi connectivity index (χ3v) is 5.38. The van der Waals surface area contributed by atoms with Crippen LogP contribution < -0.4 is 4.74 Å². The van der Waals surface area contributed by atoms with Crippen LogP contribution in [-0.4, -0.2) is 29.0 Å². The summed E-state index contributed by atoms with van der Waals surface area (Å²) in [6.07, 6.45) is -6.84. The summed E-state index contributed by atoms with van der Waals surface area (Å²) in [4.78, 5) is 2.43. The molecule has 1 atom stereocenters. The maximum Gasteiger partial charge on any atom is 0.417 e.